The van der Waals surface area contributed by atoms with E-state index in [9.17, 15) is 9.47 Å². The number of nitrogens with one attached hydrogen (secondary N) is 2. The first-order chi connectivity index (χ1) is 9.74. The van der Waals surface area contributed by atoms with E-state index in [1.807, 2.05) is 30.3 Å². The molecule has 0 radical (unpaired) electrons. The summed E-state index contributed by atoms with van der Waals surface area (Å²) in [6, 6.07) is 17.2. The monoisotopic (exact) mass is 285 g/mol. The first-order valence-corrected chi connectivity index (χ1v) is 7.30. The lowest BCUT2D eigenvalue weighted by molar-refractivity contribution is 0.678. The van der Waals surface area contributed by atoms with E-state index >= 15 is 0 Å². The lowest BCUT2D eigenvalue weighted by Crippen LogP contribution is -2.11. The zero-order valence-corrected chi connectivity index (χ0v) is 11.9. The highest BCUT2D eigenvalue weighted by Crippen LogP contribution is 2.19. The normalized spacial score (nSPS) is 11.6. The molecule has 2 aromatic rings. The van der Waals surface area contributed by atoms with E-state index in [0.29, 0.717) is 17.0 Å². The van der Waals surface area contributed by atoms with Crippen LogP contribution < -0.4 is 10.0 Å². The molecule has 0 aliphatic rings. The lowest BCUT2D eigenvalue weighted by Gasteiger charge is -2.09. The van der Waals surface area contributed by atoms with E-state index in [4.69, 9.17) is 0 Å². The van der Waals surface area contributed by atoms with Gasteiger partial charge in [0.2, 0.25) is 0 Å². The molecule has 0 fully saturated rings. The number of rotatable bonds is 5. The third-order valence-electron chi connectivity index (χ3n) is 2.84. The average Bonchev–Trinajstić information content (AvgIpc) is 2.53. The first kappa shape index (κ1) is 14.3. The molecule has 2 N–H and O–H groups in total. The van der Waals surface area contributed by atoms with Crippen LogP contribution in [0.25, 0.3) is 0 Å². The molecule has 0 saturated carbocycles. The Kier molecular flexibility index (Phi) is 4.88. The molecule has 2 aromatic carbocycles. The smallest absolute Gasteiger partial charge is 0.124 e. The minimum absolute atomic E-state index is 0.488. The average molecular weight is 285 g/mol. The Morgan fingerprint density at radius 3 is 2.60 bits per heavy atom. The third kappa shape index (κ3) is 3.44. The molecule has 5 heteroatoms. The Labute approximate surface area is 121 Å². The van der Waals surface area contributed by atoms with Crippen LogP contribution in [0.4, 0.5) is 5.69 Å². The molecule has 0 saturated heterocycles. The van der Waals surface area contributed by atoms with Crippen molar-refractivity contribution >= 4 is 16.7 Å². The van der Waals surface area contributed by atoms with Gasteiger partial charge in [-0.3, -0.25) is 0 Å². The predicted molar refractivity (Wildman–Crippen MR) is 80.4 cm³/mol. The molecule has 2 rings (SSSR count). The molecular formula is C15H15N3OS. The first-order valence-electron chi connectivity index (χ1n) is 6.15. The van der Waals surface area contributed by atoms with Gasteiger partial charge < -0.3 is 5.32 Å². The summed E-state index contributed by atoms with van der Waals surface area (Å²) >= 11 is 0. The second-order valence-electron chi connectivity index (χ2n) is 4.13. The molecule has 4 nitrogen and oxygen atoms in total. The number of nitriles is 1. The Morgan fingerprint density at radius 2 is 1.95 bits per heavy atom. The van der Waals surface area contributed by atoms with Gasteiger partial charge in [-0.1, -0.05) is 30.3 Å². The molecule has 0 bridgehead atoms. The van der Waals surface area contributed by atoms with Crippen LogP contribution in [0, 0.1) is 11.3 Å². The number of nitrogens with zero attached hydrogens (tertiary/aromatic N) is 1. The van der Waals surface area contributed by atoms with E-state index in [0.717, 1.165) is 11.3 Å². The largest absolute Gasteiger partial charge is 0.380 e. The van der Waals surface area contributed by atoms with E-state index < -0.39 is 11.0 Å². The lowest BCUT2D eigenvalue weighted by atomic mass is 10.1. The number of anilines is 1. The van der Waals surface area contributed by atoms with Crippen LogP contribution in [0.2, 0.25) is 0 Å². The van der Waals surface area contributed by atoms with Gasteiger partial charge in [-0.05, 0) is 30.8 Å². The maximum Gasteiger partial charge on any atom is 0.124 e. The van der Waals surface area contributed by atoms with Gasteiger partial charge in [-0.15, -0.1) is 0 Å². The molecule has 0 aromatic heterocycles. The summed E-state index contributed by atoms with van der Waals surface area (Å²) in [5.41, 5.74) is 2.37. The molecule has 20 heavy (non-hydrogen) atoms. The van der Waals surface area contributed by atoms with Crippen molar-refractivity contribution in [1.82, 2.24) is 4.72 Å². The highest BCUT2D eigenvalue weighted by molar-refractivity contribution is 7.83. The standard InChI is InChI=1S/C15H15N3OS/c1-17-20(19)14-7-8-15(13(9-14)10-16)18-11-12-5-3-2-4-6-12/h2-9,17-18H,11H2,1H3. The molecule has 102 valence electrons. The number of hydrogen-bond donors (Lipinski definition) is 2. The van der Waals surface area contributed by atoms with Crippen LogP contribution in [-0.4, -0.2) is 11.3 Å². The Morgan fingerprint density at radius 1 is 1.20 bits per heavy atom. The summed E-state index contributed by atoms with van der Waals surface area (Å²) in [7, 11) is 0.335. The molecule has 0 amide bonds. The summed E-state index contributed by atoms with van der Waals surface area (Å²) in [6.07, 6.45) is 0. The zero-order chi connectivity index (χ0) is 14.4. The van der Waals surface area contributed by atoms with Crippen molar-refractivity contribution in [1.29, 1.82) is 5.26 Å². The van der Waals surface area contributed by atoms with Crippen molar-refractivity contribution in [3.8, 4) is 6.07 Å². The van der Waals surface area contributed by atoms with Crippen molar-refractivity contribution in [2.45, 2.75) is 11.4 Å². The Balaban J connectivity index is 2.16. The predicted octanol–water partition coefficient (Wildman–Crippen LogP) is 2.41. The molecule has 0 heterocycles. The van der Waals surface area contributed by atoms with Gasteiger partial charge in [0.25, 0.3) is 0 Å². The Hall–Kier alpha value is -2.16. The maximum atomic E-state index is 11.6. The minimum Gasteiger partial charge on any atom is -0.380 e. The fraction of sp³-hybridized carbons (Fsp3) is 0.133. The van der Waals surface area contributed by atoms with Gasteiger partial charge in [-0.2, -0.15) is 5.26 Å². The number of hydrogen-bond acceptors (Lipinski definition) is 3. The number of benzene rings is 2. The van der Waals surface area contributed by atoms with Crippen molar-refractivity contribution in [2.24, 2.45) is 0 Å². The minimum atomic E-state index is -1.28. The highest BCUT2D eigenvalue weighted by Gasteiger charge is 2.07. The summed E-state index contributed by atoms with van der Waals surface area (Å²) in [4.78, 5) is 0.592. The highest BCUT2D eigenvalue weighted by atomic mass is 32.2. The van der Waals surface area contributed by atoms with Gasteiger partial charge in [0, 0.05) is 6.54 Å². The van der Waals surface area contributed by atoms with Crippen LogP contribution in [0.3, 0.4) is 0 Å². The van der Waals surface area contributed by atoms with Crippen molar-refractivity contribution in [3.05, 3.63) is 59.7 Å². The van der Waals surface area contributed by atoms with Gasteiger partial charge in [-0.25, -0.2) is 8.93 Å². The zero-order valence-electron chi connectivity index (χ0n) is 11.1. The van der Waals surface area contributed by atoms with Crippen LogP contribution in [-0.2, 0) is 17.5 Å². The van der Waals surface area contributed by atoms with Gasteiger partial charge >= 0.3 is 0 Å². The molecule has 0 aliphatic carbocycles. The summed E-state index contributed by atoms with van der Waals surface area (Å²) in [5.74, 6) is 0. The van der Waals surface area contributed by atoms with Crippen LogP contribution in [0.1, 0.15) is 11.1 Å². The molecule has 1 atom stereocenters. The second-order valence-corrected chi connectivity index (χ2v) is 5.55. The topological polar surface area (TPSA) is 64.9 Å². The van der Waals surface area contributed by atoms with Crippen LogP contribution in [0.5, 0.6) is 0 Å². The Bertz CT molecular complexity index is 650. The van der Waals surface area contributed by atoms with E-state index in [1.165, 1.54) is 0 Å². The van der Waals surface area contributed by atoms with Crippen molar-refractivity contribution in [2.75, 3.05) is 12.4 Å². The fourth-order valence-electron chi connectivity index (χ4n) is 1.80. The summed E-state index contributed by atoms with van der Waals surface area (Å²) in [6.45, 7) is 0.643. The van der Waals surface area contributed by atoms with Gasteiger partial charge in [0.05, 0.1) is 16.1 Å². The second kappa shape index (κ2) is 6.85. The summed E-state index contributed by atoms with van der Waals surface area (Å²) < 4.78 is 14.3. The molecule has 0 spiro atoms. The van der Waals surface area contributed by atoms with Crippen LogP contribution in [0.15, 0.2) is 53.4 Å². The van der Waals surface area contributed by atoms with Crippen molar-refractivity contribution < 1.29 is 4.21 Å². The van der Waals surface area contributed by atoms with Gasteiger partial charge in [0.15, 0.2) is 0 Å². The molecular weight excluding hydrogens is 270 g/mol. The van der Waals surface area contributed by atoms with Crippen molar-refractivity contribution in [3.63, 3.8) is 0 Å². The summed E-state index contributed by atoms with van der Waals surface area (Å²) in [5, 5.41) is 12.4. The van der Waals surface area contributed by atoms with E-state index in [-0.39, 0.29) is 0 Å². The van der Waals surface area contributed by atoms with E-state index in [2.05, 4.69) is 16.1 Å². The maximum absolute atomic E-state index is 11.6. The molecule has 1 unspecified atom stereocenters. The van der Waals surface area contributed by atoms with Crippen LogP contribution >= 0.6 is 0 Å². The molecule has 0 aliphatic heterocycles. The quantitative estimate of drug-likeness (QED) is 0.886. The van der Waals surface area contributed by atoms with E-state index in [1.54, 1.807) is 25.2 Å². The third-order valence-corrected chi connectivity index (χ3v) is 3.89. The fourth-order valence-corrected chi connectivity index (χ4v) is 2.45. The SMILES string of the molecule is CNS(=O)c1ccc(NCc2ccccc2)c(C#N)c1. The van der Waals surface area contributed by atoms with Gasteiger partial charge in [0.1, 0.15) is 17.1 Å².